The summed E-state index contributed by atoms with van der Waals surface area (Å²) in [5.41, 5.74) is 3.99. The van der Waals surface area contributed by atoms with Crippen LogP contribution in [0, 0.1) is 0 Å². The molecule has 0 atom stereocenters. The van der Waals surface area contributed by atoms with Crippen molar-refractivity contribution >= 4 is 16.8 Å². The number of benzene rings is 1. The minimum absolute atomic E-state index is 0.0145. The molecule has 1 aromatic carbocycles. The Morgan fingerprint density at radius 3 is 2.81 bits per heavy atom. The Kier molecular flexibility index (Phi) is 5.50. The number of aromatic nitrogens is 1. The molecule has 2 aromatic rings. The monoisotopic (exact) mass is 369 g/mol. The first-order valence-corrected chi connectivity index (χ1v) is 10.4. The zero-order valence-corrected chi connectivity index (χ0v) is 16.4. The van der Waals surface area contributed by atoms with E-state index in [0.29, 0.717) is 6.54 Å². The van der Waals surface area contributed by atoms with Gasteiger partial charge in [0, 0.05) is 43.3 Å². The summed E-state index contributed by atoms with van der Waals surface area (Å²) in [6, 6.07) is 6.86. The van der Waals surface area contributed by atoms with Crippen molar-refractivity contribution in [3.05, 3.63) is 35.5 Å². The number of hydrogen-bond acceptors (Lipinski definition) is 3. The molecule has 5 nitrogen and oxygen atoms in total. The van der Waals surface area contributed by atoms with Gasteiger partial charge in [0.05, 0.1) is 5.60 Å². The van der Waals surface area contributed by atoms with Gasteiger partial charge in [0.25, 0.3) is 0 Å². The molecule has 0 unspecified atom stereocenters. The second-order valence-corrected chi connectivity index (χ2v) is 8.14. The number of morpholine rings is 1. The molecule has 1 aromatic heterocycles. The number of nitrogens with zero attached hydrogens (tertiary/aromatic N) is 1. The van der Waals surface area contributed by atoms with Crippen molar-refractivity contribution < 1.29 is 9.53 Å². The van der Waals surface area contributed by atoms with E-state index < -0.39 is 0 Å². The van der Waals surface area contributed by atoms with Crippen LogP contribution in [0.5, 0.6) is 0 Å². The number of piperidine rings is 1. The summed E-state index contributed by atoms with van der Waals surface area (Å²) in [6.07, 6.45) is 8.92. The highest BCUT2D eigenvalue weighted by atomic mass is 16.5. The van der Waals surface area contributed by atoms with Gasteiger partial charge >= 0.3 is 0 Å². The Balaban J connectivity index is 1.33. The highest BCUT2D eigenvalue weighted by Gasteiger charge is 2.38. The summed E-state index contributed by atoms with van der Waals surface area (Å²) in [6.45, 7) is 6.29. The van der Waals surface area contributed by atoms with Crippen LogP contribution in [0.15, 0.2) is 24.4 Å². The van der Waals surface area contributed by atoms with Gasteiger partial charge in [0.15, 0.2) is 0 Å². The van der Waals surface area contributed by atoms with E-state index in [9.17, 15) is 4.79 Å². The molecular formula is C22H31N3O2. The van der Waals surface area contributed by atoms with Crippen molar-refractivity contribution in [3.63, 3.8) is 0 Å². The van der Waals surface area contributed by atoms with Gasteiger partial charge < -0.3 is 19.9 Å². The summed E-state index contributed by atoms with van der Waals surface area (Å²) < 4.78 is 5.88. The third-order valence-electron chi connectivity index (χ3n) is 6.23. The van der Waals surface area contributed by atoms with E-state index in [1.54, 1.807) is 0 Å². The van der Waals surface area contributed by atoms with Gasteiger partial charge in [0.1, 0.15) is 6.61 Å². The van der Waals surface area contributed by atoms with Crippen LogP contribution in [0.25, 0.3) is 10.9 Å². The largest absolute Gasteiger partial charge is 0.363 e. The number of nitrogens with one attached hydrogen (secondary N) is 2. The predicted octanol–water partition coefficient (Wildman–Crippen LogP) is 3.03. The molecule has 0 bridgehead atoms. The third kappa shape index (κ3) is 4.19. The van der Waals surface area contributed by atoms with Crippen molar-refractivity contribution in [2.45, 2.75) is 51.0 Å². The summed E-state index contributed by atoms with van der Waals surface area (Å²) in [4.78, 5) is 17.3. The van der Waals surface area contributed by atoms with Crippen LogP contribution in [0.2, 0.25) is 0 Å². The Labute approximate surface area is 161 Å². The maximum absolute atomic E-state index is 11.3. The van der Waals surface area contributed by atoms with Gasteiger partial charge in [-0.25, -0.2) is 0 Å². The van der Waals surface area contributed by atoms with E-state index in [1.165, 1.54) is 41.3 Å². The fourth-order valence-electron chi connectivity index (χ4n) is 4.33. The molecule has 2 aliphatic heterocycles. The quantitative estimate of drug-likeness (QED) is 0.823. The second-order valence-electron chi connectivity index (χ2n) is 8.14. The summed E-state index contributed by atoms with van der Waals surface area (Å²) in [5, 5.41) is 4.35. The van der Waals surface area contributed by atoms with Crippen LogP contribution < -0.4 is 5.32 Å². The van der Waals surface area contributed by atoms with E-state index in [2.05, 4.69) is 46.5 Å². The SMILES string of the molecule is CCCCc1ccc2[nH]cc(CCN3CCC4(CC3)CNC(=O)CO4)c2c1. The second kappa shape index (κ2) is 8.03. The number of aryl methyl sites for hydroxylation is 1. The van der Waals surface area contributed by atoms with E-state index in [0.717, 1.165) is 38.9 Å². The fourth-order valence-corrected chi connectivity index (χ4v) is 4.33. The van der Waals surface area contributed by atoms with E-state index >= 15 is 0 Å². The highest BCUT2D eigenvalue weighted by molar-refractivity contribution is 5.84. The van der Waals surface area contributed by atoms with E-state index in [-0.39, 0.29) is 18.1 Å². The molecule has 146 valence electrons. The van der Waals surface area contributed by atoms with Crippen molar-refractivity contribution in [1.29, 1.82) is 0 Å². The molecule has 0 radical (unpaired) electrons. The van der Waals surface area contributed by atoms with Crippen molar-refractivity contribution in [1.82, 2.24) is 15.2 Å². The zero-order valence-electron chi connectivity index (χ0n) is 16.4. The molecule has 27 heavy (non-hydrogen) atoms. The van der Waals surface area contributed by atoms with Crippen molar-refractivity contribution in [2.24, 2.45) is 0 Å². The number of unbranched alkanes of at least 4 members (excludes halogenated alkanes) is 1. The highest BCUT2D eigenvalue weighted by Crippen LogP contribution is 2.28. The number of carbonyl (C=O) groups is 1. The van der Waals surface area contributed by atoms with Gasteiger partial charge in [-0.15, -0.1) is 0 Å². The van der Waals surface area contributed by atoms with Crippen LogP contribution >= 0.6 is 0 Å². The van der Waals surface area contributed by atoms with Crippen LogP contribution in [0.4, 0.5) is 0 Å². The topological polar surface area (TPSA) is 57.4 Å². The number of carbonyl (C=O) groups excluding carboxylic acids is 1. The number of ether oxygens (including phenoxy) is 1. The molecule has 1 spiro atoms. The molecule has 5 heteroatoms. The Bertz CT molecular complexity index is 778. The lowest BCUT2D eigenvalue weighted by Crippen LogP contribution is -2.57. The molecular weight excluding hydrogens is 338 g/mol. The predicted molar refractivity (Wildman–Crippen MR) is 108 cm³/mol. The van der Waals surface area contributed by atoms with E-state index in [4.69, 9.17) is 4.74 Å². The Hall–Kier alpha value is -1.85. The summed E-state index contributed by atoms with van der Waals surface area (Å²) in [5.74, 6) is 0.0145. The zero-order chi connectivity index (χ0) is 18.7. The molecule has 2 saturated heterocycles. The standard InChI is InChI=1S/C22H31N3O2/c1-2-3-4-17-5-6-20-19(13-17)18(14-23-20)7-10-25-11-8-22(9-12-25)16-24-21(26)15-27-22/h5-6,13-14,23H,2-4,7-12,15-16H2,1H3,(H,24,26). The van der Waals surface area contributed by atoms with Gasteiger partial charge in [0.2, 0.25) is 5.91 Å². The Morgan fingerprint density at radius 1 is 1.22 bits per heavy atom. The third-order valence-corrected chi connectivity index (χ3v) is 6.23. The van der Waals surface area contributed by atoms with Crippen molar-refractivity contribution in [2.75, 3.05) is 32.8 Å². The first-order chi connectivity index (χ1) is 13.2. The lowest BCUT2D eigenvalue weighted by molar-refractivity contribution is -0.150. The van der Waals surface area contributed by atoms with Crippen LogP contribution in [-0.2, 0) is 22.4 Å². The normalized spacial score (nSPS) is 20.3. The number of amides is 1. The van der Waals surface area contributed by atoms with Crippen LogP contribution in [-0.4, -0.2) is 54.2 Å². The molecule has 2 fully saturated rings. The molecule has 2 N–H and O–H groups in total. The number of aromatic amines is 1. The van der Waals surface area contributed by atoms with Gasteiger partial charge in [-0.3, -0.25) is 4.79 Å². The minimum atomic E-state index is -0.126. The molecule has 1 amide bonds. The Morgan fingerprint density at radius 2 is 2.07 bits per heavy atom. The lowest BCUT2D eigenvalue weighted by Gasteiger charge is -2.43. The van der Waals surface area contributed by atoms with Crippen LogP contribution in [0.3, 0.4) is 0 Å². The minimum Gasteiger partial charge on any atom is -0.363 e. The first kappa shape index (κ1) is 18.5. The molecule has 4 rings (SSSR count). The van der Waals surface area contributed by atoms with Crippen molar-refractivity contribution in [3.8, 4) is 0 Å². The number of fused-ring (bicyclic) bond motifs is 1. The lowest BCUT2D eigenvalue weighted by atomic mass is 9.90. The average Bonchev–Trinajstić information content (AvgIpc) is 3.11. The maximum Gasteiger partial charge on any atom is 0.246 e. The number of H-pyrrole nitrogens is 1. The molecule has 0 saturated carbocycles. The summed E-state index contributed by atoms with van der Waals surface area (Å²) >= 11 is 0. The van der Waals surface area contributed by atoms with Gasteiger partial charge in [-0.2, -0.15) is 0 Å². The van der Waals surface area contributed by atoms with Crippen LogP contribution in [0.1, 0.15) is 43.7 Å². The number of likely N-dealkylation sites (tertiary alicyclic amines) is 1. The van der Waals surface area contributed by atoms with Gasteiger partial charge in [-0.1, -0.05) is 19.4 Å². The number of hydrogen-bond donors (Lipinski definition) is 2. The maximum atomic E-state index is 11.3. The fraction of sp³-hybridized carbons (Fsp3) is 0.591. The van der Waals surface area contributed by atoms with Gasteiger partial charge in [-0.05, 0) is 55.4 Å². The number of rotatable bonds is 6. The molecule has 2 aliphatic rings. The summed E-state index contributed by atoms with van der Waals surface area (Å²) in [7, 11) is 0. The average molecular weight is 370 g/mol. The smallest absolute Gasteiger partial charge is 0.246 e. The first-order valence-electron chi connectivity index (χ1n) is 10.4. The van der Waals surface area contributed by atoms with E-state index in [1.807, 2.05) is 0 Å². The molecule has 0 aliphatic carbocycles. The molecule has 3 heterocycles.